The van der Waals surface area contributed by atoms with Gasteiger partial charge in [-0.05, 0) is 96.3 Å². The highest BCUT2D eigenvalue weighted by Crippen LogP contribution is 2.15. The Balaban J connectivity index is 4.60. The van der Waals surface area contributed by atoms with E-state index in [9.17, 15) is 14.4 Å². The molecule has 0 rings (SSSR count). The van der Waals surface area contributed by atoms with E-state index in [1.165, 1.54) is 83.5 Å². The normalized spacial score (nSPS) is 13.1. The van der Waals surface area contributed by atoms with Crippen LogP contribution in [0.1, 0.15) is 233 Å². The van der Waals surface area contributed by atoms with Crippen molar-refractivity contribution in [3.63, 3.8) is 0 Å². The van der Waals surface area contributed by atoms with Crippen LogP contribution in [0, 0.1) is 0 Å². The minimum atomic E-state index is -0.842. The Morgan fingerprint density at radius 3 is 0.943 bits per heavy atom. The zero-order chi connectivity index (χ0) is 50.7. The van der Waals surface area contributed by atoms with Crippen LogP contribution in [0.25, 0.3) is 0 Å². The largest absolute Gasteiger partial charge is 0.462 e. The first-order chi connectivity index (χ1) is 34.5. The van der Waals surface area contributed by atoms with Crippen molar-refractivity contribution in [1.82, 2.24) is 0 Å². The van der Waals surface area contributed by atoms with E-state index in [0.717, 1.165) is 96.3 Å². The van der Waals surface area contributed by atoms with Gasteiger partial charge in [0, 0.05) is 19.3 Å². The van der Waals surface area contributed by atoms with E-state index >= 15 is 0 Å². The molecule has 0 aliphatic carbocycles. The molecule has 0 aliphatic heterocycles. The molecule has 0 aromatic carbocycles. The van der Waals surface area contributed by atoms with Crippen LogP contribution in [0.2, 0.25) is 0 Å². The van der Waals surface area contributed by atoms with Crippen LogP contribution >= 0.6 is 0 Å². The van der Waals surface area contributed by atoms with Crippen molar-refractivity contribution in [2.45, 2.75) is 239 Å². The van der Waals surface area contributed by atoms with Gasteiger partial charge in [-0.15, -0.1) is 0 Å². The minimum absolute atomic E-state index is 0.126. The number of allylic oxidation sites excluding steroid dienone is 22. The van der Waals surface area contributed by atoms with E-state index in [1.54, 1.807) is 0 Å². The summed E-state index contributed by atoms with van der Waals surface area (Å²) in [5.41, 5.74) is 0. The molecule has 0 heterocycles. The van der Waals surface area contributed by atoms with Gasteiger partial charge in [0.25, 0.3) is 0 Å². The maximum Gasteiger partial charge on any atom is 0.306 e. The Morgan fingerprint density at radius 2 is 0.586 bits per heavy atom. The van der Waals surface area contributed by atoms with E-state index in [2.05, 4.69) is 142 Å². The van der Waals surface area contributed by atoms with Gasteiger partial charge in [0.15, 0.2) is 6.10 Å². The first-order valence-electron chi connectivity index (χ1n) is 28.2. The summed E-state index contributed by atoms with van der Waals surface area (Å²) in [5, 5.41) is 0. The van der Waals surface area contributed by atoms with Crippen LogP contribution in [-0.4, -0.2) is 37.2 Å². The fourth-order valence-electron chi connectivity index (χ4n) is 7.27. The number of hydrogen-bond donors (Lipinski definition) is 0. The van der Waals surface area contributed by atoms with E-state index < -0.39 is 6.10 Å². The summed E-state index contributed by atoms with van der Waals surface area (Å²) < 4.78 is 16.7. The van der Waals surface area contributed by atoms with E-state index in [1.807, 2.05) is 12.2 Å². The highest BCUT2D eigenvalue weighted by atomic mass is 16.6. The smallest absolute Gasteiger partial charge is 0.306 e. The molecule has 6 heteroatoms. The van der Waals surface area contributed by atoms with Crippen LogP contribution in [0.5, 0.6) is 0 Å². The highest BCUT2D eigenvalue weighted by molar-refractivity contribution is 5.71. The molecule has 1 unspecified atom stereocenters. The third-order valence-electron chi connectivity index (χ3n) is 11.4. The molecule has 0 bridgehead atoms. The number of ether oxygens (including phenoxy) is 3. The average molecular weight is 968 g/mol. The number of rotatable bonds is 49. The molecular formula is C64H102O6. The third-order valence-corrected chi connectivity index (χ3v) is 11.4. The molecule has 0 spiro atoms. The summed E-state index contributed by atoms with van der Waals surface area (Å²) in [6.07, 6.45) is 80.3. The Labute approximate surface area is 430 Å². The van der Waals surface area contributed by atoms with E-state index in [0.29, 0.717) is 19.3 Å². The second-order valence-electron chi connectivity index (χ2n) is 18.1. The van der Waals surface area contributed by atoms with Crippen molar-refractivity contribution in [3.8, 4) is 0 Å². The summed E-state index contributed by atoms with van der Waals surface area (Å²) in [5.74, 6) is -1.08. The van der Waals surface area contributed by atoms with Gasteiger partial charge in [-0.3, -0.25) is 14.4 Å². The molecule has 0 aromatic heterocycles. The topological polar surface area (TPSA) is 78.9 Å². The summed E-state index contributed by atoms with van der Waals surface area (Å²) in [6, 6.07) is 0. The molecule has 0 radical (unpaired) electrons. The summed E-state index contributed by atoms with van der Waals surface area (Å²) >= 11 is 0. The number of unbranched alkanes of at least 4 members (excludes halogenated alkanes) is 16. The van der Waals surface area contributed by atoms with Crippen molar-refractivity contribution in [1.29, 1.82) is 0 Å². The zero-order valence-electron chi connectivity index (χ0n) is 45.0. The monoisotopic (exact) mass is 967 g/mol. The van der Waals surface area contributed by atoms with Crippen LogP contribution in [0.3, 0.4) is 0 Å². The van der Waals surface area contributed by atoms with Crippen molar-refractivity contribution >= 4 is 17.9 Å². The van der Waals surface area contributed by atoms with Crippen molar-refractivity contribution in [2.75, 3.05) is 13.2 Å². The van der Waals surface area contributed by atoms with Gasteiger partial charge < -0.3 is 14.2 Å². The minimum Gasteiger partial charge on any atom is -0.462 e. The van der Waals surface area contributed by atoms with Crippen LogP contribution in [0.4, 0.5) is 0 Å². The average Bonchev–Trinajstić information content (AvgIpc) is 3.36. The number of esters is 3. The molecule has 0 aromatic rings. The Morgan fingerprint density at radius 1 is 0.300 bits per heavy atom. The van der Waals surface area contributed by atoms with Gasteiger partial charge in [-0.2, -0.15) is 0 Å². The van der Waals surface area contributed by atoms with Crippen LogP contribution < -0.4 is 0 Å². The number of hydrogen-bond acceptors (Lipinski definition) is 6. The molecule has 0 aliphatic rings. The van der Waals surface area contributed by atoms with E-state index in [-0.39, 0.29) is 44.0 Å². The molecular weight excluding hydrogens is 865 g/mol. The lowest BCUT2D eigenvalue weighted by Crippen LogP contribution is -2.30. The van der Waals surface area contributed by atoms with Crippen molar-refractivity contribution in [2.24, 2.45) is 0 Å². The predicted molar refractivity (Wildman–Crippen MR) is 302 cm³/mol. The van der Waals surface area contributed by atoms with Gasteiger partial charge in [0.05, 0.1) is 0 Å². The van der Waals surface area contributed by atoms with Crippen molar-refractivity contribution < 1.29 is 28.6 Å². The first kappa shape index (κ1) is 65.5. The lowest BCUT2D eigenvalue weighted by molar-refractivity contribution is -0.166. The number of carbonyl (C=O) groups excluding carboxylic acids is 3. The first-order valence-corrected chi connectivity index (χ1v) is 28.2. The zero-order valence-corrected chi connectivity index (χ0v) is 45.0. The summed E-state index contributed by atoms with van der Waals surface area (Å²) in [6.45, 7) is 6.30. The standard InChI is InChI=1S/C64H102O6/c1-4-7-10-13-16-19-22-25-28-31-32-34-36-39-42-45-48-51-54-57-63(66)69-60-61(59-68-62(65)56-53-50-47-44-41-38-35-30-27-24-21-18-15-12-9-6-3)70-64(67)58-55-52-49-46-43-40-37-33-29-26-23-20-17-14-11-8-5-2/h7-8,10-11,16-17,19-20,25-26,28-29,32,34,37,39-40,42,46,48-49,51,61H,4-6,9,12-15,18,21-24,27,30-31,33,35-36,38,41,43-45,47,50,52-60H2,1-3H3/b10-7-,11-8-,19-16-,20-17-,28-25-,29-26-,34-32-,40-37-,42-39-,49-46-,51-48-. The molecule has 1 atom stereocenters. The Hall–Kier alpha value is -4.45. The maximum atomic E-state index is 12.8. The summed E-state index contributed by atoms with van der Waals surface area (Å²) in [7, 11) is 0. The lowest BCUT2D eigenvalue weighted by Gasteiger charge is -2.18. The molecule has 6 nitrogen and oxygen atoms in total. The quantitative estimate of drug-likeness (QED) is 0.0262. The fourth-order valence-corrected chi connectivity index (χ4v) is 7.27. The van der Waals surface area contributed by atoms with Gasteiger partial charge >= 0.3 is 17.9 Å². The second kappa shape index (κ2) is 57.1. The lowest BCUT2D eigenvalue weighted by atomic mass is 10.0. The molecule has 70 heavy (non-hydrogen) atoms. The van der Waals surface area contributed by atoms with Crippen LogP contribution in [-0.2, 0) is 28.6 Å². The highest BCUT2D eigenvalue weighted by Gasteiger charge is 2.19. The molecule has 0 amide bonds. The van der Waals surface area contributed by atoms with Gasteiger partial charge in [0.1, 0.15) is 13.2 Å². The molecule has 0 saturated carbocycles. The fraction of sp³-hybridized carbons (Fsp3) is 0.609. The Bertz CT molecular complexity index is 1530. The SMILES string of the molecule is CC/C=C\C/C=C\C/C=C\C/C=C\C/C=C\C/C=C\CCC(=O)OCC(COC(=O)CCCCCCCCCCCCCCCCCC)OC(=O)CCC/C=C\C/C=C\C/C=C\C/C=C\C/C=C\CC. The Kier molecular flexibility index (Phi) is 53.5. The van der Waals surface area contributed by atoms with Gasteiger partial charge in [-0.25, -0.2) is 0 Å². The van der Waals surface area contributed by atoms with Crippen LogP contribution in [0.15, 0.2) is 134 Å². The second-order valence-corrected chi connectivity index (χ2v) is 18.1. The maximum absolute atomic E-state index is 12.8. The number of carbonyl (C=O) groups is 3. The summed E-state index contributed by atoms with van der Waals surface area (Å²) in [4.78, 5) is 38.1. The third kappa shape index (κ3) is 54.5. The van der Waals surface area contributed by atoms with Gasteiger partial charge in [0.2, 0.25) is 0 Å². The molecule has 0 saturated heterocycles. The van der Waals surface area contributed by atoms with Crippen molar-refractivity contribution in [3.05, 3.63) is 134 Å². The molecule has 394 valence electrons. The van der Waals surface area contributed by atoms with Gasteiger partial charge in [-0.1, -0.05) is 251 Å². The van der Waals surface area contributed by atoms with E-state index in [4.69, 9.17) is 14.2 Å². The predicted octanol–water partition coefficient (Wildman–Crippen LogP) is 19.0. The molecule has 0 fully saturated rings. The molecule has 0 N–H and O–H groups in total.